The Balaban J connectivity index is 0.000000470. The quantitative estimate of drug-likeness (QED) is 0.466. The zero-order chi connectivity index (χ0) is 22.6. The highest BCUT2D eigenvalue weighted by molar-refractivity contribution is 5.84. The van der Waals surface area contributed by atoms with Gasteiger partial charge in [0.2, 0.25) is 0 Å². The molecular weight excluding hydrogens is 365 g/mol. The van der Waals surface area contributed by atoms with E-state index in [-0.39, 0.29) is 11.2 Å². The Kier molecular flexibility index (Phi) is 12.7. The molecule has 1 aromatic carbocycles. The largest absolute Gasteiger partial charge is 0.497 e. The molecule has 0 spiro atoms. The molecule has 0 aromatic heterocycles. The number of methoxy groups -OCH3 is 1. The maximum Gasteiger partial charge on any atom is 0.152 e. The van der Waals surface area contributed by atoms with Crippen LogP contribution in [-0.4, -0.2) is 18.6 Å². The molecule has 1 aromatic rings. The number of aliphatic imine (C=N–C) groups is 1. The summed E-state index contributed by atoms with van der Waals surface area (Å²) < 4.78 is 18.6. The monoisotopic (exact) mass is 407 g/mol. The SMILES string of the molecule is CC1CCC1.CCC(=O)CC(C)(C)C.CCC(C)=Nc1c(C)cc(OC)cc1F. The van der Waals surface area contributed by atoms with E-state index in [0.717, 1.165) is 23.6 Å². The predicted octanol–water partition coefficient (Wildman–Crippen LogP) is 7.85. The first-order valence-corrected chi connectivity index (χ1v) is 10.8. The molecule has 1 fully saturated rings. The highest BCUT2D eigenvalue weighted by Gasteiger charge is 2.13. The van der Waals surface area contributed by atoms with Crippen LogP contribution in [0.1, 0.15) is 92.6 Å². The Morgan fingerprint density at radius 3 is 2.03 bits per heavy atom. The second kappa shape index (κ2) is 13.5. The predicted molar refractivity (Wildman–Crippen MR) is 123 cm³/mol. The van der Waals surface area contributed by atoms with Crippen LogP contribution in [0.25, 0.3) is 0 Å². The minimum Gasteiger partial charge on any atom is -0.497 e. The lowest BCUT2D eigenvalue weighted by Gasteiger charge is -2.18. The number of hydrogen-bond acceptors (Lipinski definition) is 3. The molecular formula is C25H42FNO2. The summed E-state index contributed by atoms with van der Waals surface area (Å²) >= 11 is 0. The van der Waals surface area contributed by atoms with Gasteiger partial charge in [0.05, 0.1) is 7.11 Å². The van der Waals surface area contributed by atoms with Gasteiger partial charge in [-0.1, -0.05) is 60.8 Å². The van der Waals surface area contributed by atoms with Gasteiger partial charge < -0.3 is 4.74 Å². The summed E-state index contributed by atoms with van der Waals surface area (Å²) in [6.45, 7) is 16.2. The zero-order valence-corrected chi connectivity index (χ0v) is 20.1. The lowest BCUT2D eigenvalue weighted by Crippen LogP contribution is -2.11. The van der Waals surface area contributed by atoms with Crippen molar-refractivity contribution >= 4 is 17.2 Å². The van der Waals surface area contributed by atoms with Crippen molar-refractivity contribution in [3.8, 4) is 5.75 Å². The summed E-state index contributed by atoms with van der Waals surface area (Å²) in [7, 11) is 1.52. The molecule has 0 N–H and O–H groups in total. The van der Waals surface area contributed by atoms with Crippen molar-refractivity contribution in [2.45, 2.75) is 93.9 Å². The first-order valence-electron chi connectivity index (χ1n) is 10.8. The topological polar surface area (TPSA) is 38.7 Å². The third-order valence-corrected chi connectivity index (χ3v) is 4.79. The molecule has 0 bridgehead atoms. The Labute approximate surface area is 178 Å². The summed E-state index contributed by atoms with van der Waals surface area (Å²) in [5, 5.41) is 0. The summed E-state index contributed by atoms with van der Waals surface area (Å²) in [5.74, 6) is 1.62. The standard InChI is InChI=1S/C12H16FNO.C8H16O.C5H10/c1-5-9(3)14-12-8(2)6-10(15-4)7-11(12)13;1-5-7(9)6-8(2,3)4;1-5-3-2-4-5/h6-7H,5H2,1-4H3;5-6H2,1-4H3;5H,2-4H2,1H3. The van der Waals surface area contributed by atoms with Crippen LogP contribution >= 0.6 is 0 Å². The van der Waals surface area contributed by atoms with E-state index in [1.54, 1.807) is 6.07 Å². The molecule has 1 aliphatic carbocycles. The fourth-order valence-electron chi connectivity index (χ4n) is 2.56. The van der Waals surface area contributed by atoms with E-state index in [1.165, 1.54) is 32.4 Å². The summed E-state index contributed by atoms with van der Waals surface area (Å²) in [5.41, 5.74) is 2.30. The number of benzene rings is 1. The number of rotatable bonds is 5. The van der Waals surface area contributed by atoms with Crippen LogP contribution in [0.5, 0.6) is 5.75 Å². The smallest absolute Gasteiger partial charge is 0.152 e. The zero-order valence-electron chi connectivity index (χ0n) is 20.1. The Morgan fingerprint density at radius 1 is 1.21 bits per heavy atom. The highest BCUT2D eigenvalue weighted by atomic mass is 19.1. The first-order chi connectivity index (χ1) is 13.4. The van der Waals surface area contributed by atoms with Crippen LogP contribution in [-0.2, 0) is 4.79 Å². The van der Waals surface area contributed by atoms with Gasteiger partial charge in [-0.2, -0.15) is 0 Å². The number of ketones is 1. The van der Waals surface area contributed by atoms with Crippen LogP contribution < -0.4 is 4.74 Å². The van der Waals surface area contributed by atoms with Crippen molar-refractivity contribution < 1.29 is 13.9 Å². The number of halogens is 1. The molecule has 0 atom stereocenters. The van der Waals surface area contributed by atoms with E-state index < -0.39 is 0 Å². The van der Waals surface area contributed by atoms with Crippen molar-refractivity contribution in [3.05, 3.63) is 23.5 Å². The van der Waals surface area contributed by atoms with Gasteiger partial charge in [-0.3, -0.25) is 9.79 Å². The van der Waals surface area contributed by atoms with Crippen LogP contribution in [0.15, 0.2) is 17.1 Å². The molecule has 166 valence electrons. The molecule has 0 saturated heterocycles. The van der Waals surface area contributed by atoms with E-state index in [4.69, 9.17) is 4.74 Å². The van der Waals surface area contributed by atoms with Crippen LogP contribution in [0, 0.1) is 24.1 Å². The van der Waals surface area contributed by atoms with Crippen molar-refractivity contribution in [2.24, 2.45) is 16.3 Å². The van der Waals surface area contributed by atoms with Gasteiger partial charge >= 0.3 is 0 Å². The Bertz CT molecular complexity index is 632. The lowest BCUT2D eigenvalue weighted by molar-refractivity contribution is -0.120. The van der Waals surface area contributed by atoms with Crippen molar-refractivity contribution in [3.63, 3.8) is 0 Å². The van der Waals surface area contributed by atoms with E-state index >= 15 is 0 Å². The van der Waals surface area contributed by atoms with Crippen molar-refractivity contribution in [1.82, 2.24) is 0 Å². The van der Waals surface area contributed by atoms with Gasteiger partial charge in [0.1, 0.15) is 17.2 Å². The van der Waals surface area contributed by atoms with E-state index in [0.29, 0.717) is 30.1 Å². The molecule has 0 heterocycles. The molecule has 0 amide bonds. The summed E-state index contributed by atoms with van der Waals surface area (Å²) in [4.78, 5) is 15.1. The first kappa shape index (κ1) is 27.3. The fraction of sp³-hybridized carbons (Fsp3) is 0.680. The number of ether oxygens (including phenoxy) is 1. The third-order valence-electron chi connectivity index (χ3n) is 4.79. The summed E-state index contributed by atoms with van der Waals surface area (Å²) in [6, 6.07) is 3.14. The van der Waals surface area contributed by atoms with Gasteiger partial charge in [0, 0.05) is 24.6 Å². The van der Waals surface area contributed by atoms with Gasteiger partial charge in [0.15, 0.2) is 5.82 Å². The molecule has 1 aliphatic rings. The molecule has 3 nitrogen and oxygen atoms in total. The van der Waals surface area contributed by atoms with Crippen LogP contribution in [0.4, 0.5) is 10.1 Å². The van der Waals surface area contributed by atoms with E-state index in [2.05, 4.69) is 32.7 Å². The molecule has 29 heavy (non-hydrogen) atoms. The van der Waals surface area contributed by atoms with Crippen molar-refractivity contribution in [2.75, 3.05) is 7.11 Å². The second-order valence-corrected chi connectivity index (χ2v) is 9.14. The van der Waals surface area contributed by atoms with E-state index in [1.807, 2.05) is 27.7 Å². The van der Waals surface area contributed by atoms with E-state index in [9.17, 15) is 9.18 Å². The maximum absolute atomic E-state index is 13.6. The number of nitrogens with zero attached hydrogens (tertiary/aromatic N) is 1. The molecule has 0 radical (unpaired) electrons. The van der Waals surface area contributed by atoms with Gasteiger partial charge in [0.25, 0.3) is 0 Å². The number of carbonyl (C=O) groups excluding carboxylic acids is 1. The highest BCUT2D eigenvalue weighted by Crippen LogP contribution is 2.28. The molecule has 0 unspecified atom stereocenters. The maximum atomic E-state index is 13.6. The normalized spacial score (nSPS) is 14.1. The summed E-state index contributed by atoms with van der Waals surface area (Å²) in [6.07, 6.45) is 6.67. The third kappa shape index (κ3) is 12.5. The molecule has 0 aliphatic heterocycles. The molecule has 1 saturated carbocycles. The second-order valence-electron chi connectivity index (χ2n) is 9.14. The Morgan fingerprint density at radius 2 is 1.76 bits per heavy atom. The minimum atomic E-state index is -0.334. The number of carbonyl (C=O) groups is 1. The molecule has 2 rings (SSSR count). The average Bonchev–Trinajstić information content (AvgIpc) is 2.62. The number of Topliss-reactive ketones (excluding diaryl/α,β-unsaturated/α-hetero) is 1. The van der Waals surface area contributed by atoms with Crippen LogP contribution in [0.2, 0.25) is 0 Å². The fourth-order valence-corrected chi connectivity index (χ4v) is 2.56. The van der Waals surface area contributed by atoms with Crippen LogP contribution in [0.3, 0.4) is 0 Å². The average molecular weight is 408 g/mol. The van der Waals surface area contributed by atoms with Crippen molar-refractivity contribution in [1.29, 1.82) is 0 Å². The lowest BCUT2D eigenvalue weighted by atomic mass is 9.88. The number of hydrogen-bond donors (Lipinski definition) is 0. The van der Waals surface area contributed by atoms with Gasteiger partial charge in [-0.15, -0.1) is 0 Å². The molecule has 4 heteroatoms. The number of aryl methyl sites for hydroxylation is 1. The Hall–Kier alpha value is -1.71. The minimum absolute atomic E-state index is 0.174. The van der Waals surface area contributed by atoms with Gasteiger partial charge in [-0.05, 0) is 43.2 Å². The van der Waals surface area contributed by atoms with Gasteiger partial charge in [-0.25, -0.2) is 4.39 Å².